The predicted molar refractivity (Wildman–Crippen MR) is 52.5 cm³/mol. The van der Waals surface area contributed by atoms with Crippen LogP contribution in [0.3, 0.4) is 0 Å². The first-order chi connectivity index (χ1) is 5.47. The van der Waals surface area contributed by atoms with Gasteiger partial charge in [-0.3, -0.25) is 0 Å². The molecule has 0 aromatic rings. The van der Waals surface area contributed by atoms with Crippen molar-refractivity contribution in [2.24, 2.45) is 5.41 Å². The van der Waals surface area contributed by atoms with Crippen LogP contribution in [0.5, 0.6) is 0 Å². The lowest BCUT2D eigenvalue weighted by molar-refractivity contribution is -0.0276. The highest BCUT2D eigenvalue weighted by atomic mass is 35.5. The lowest BCUT2D eigenvalue weighted by Gasteiger charge is -2.40. The summed E-state index contributed by atoms with van der Waals surface area (Å²) in [7, 11) is 0. The Morgan fingerprint density at radius 1 is 1.17 bits per heavy atom. The van der Waals surface area contributed by atoms with Gasteiger partial charge in [-0.15, -0.1) is 11.6 Å². The molecule has 1 rings (SSSR count). The van der Waals surface area contributed by atoms with Crippen molar-refractivity contribution >= 4 is 11.6 Å². The third kappa shape index (κ3) is 2.63. The summed E-state index contributed by atoms with van der Waals surface area (Å²) in [5, 5.41) is 10.0. The molecule has 0 aromatic carbocycles. The van der Waals surface area contributed by atoms with E-state index in [9.17, 15) is 5.11 Å². The van der Waals surface area contributed by atoms with Crippen molar-refractivity contribution in [3.8, 4) is 0 Å². The molecule has 12 heavy (non-hydrogen) atoms. The molecular formula is C10H19ClO. The van der Waals surface area contributed by atoms with Gasteiger partial charge in [0.05, 0.1) is 5.60 Å². The Kier molecular flexibility index (Phi) is 3.06. The van der Waals surface area contributed by atoms with Crippen LogP contribution in [-0.4, -0.2) is 16.6 Å². The smallest absolute Gasteiger partial charge is 0.0659 e. The van der Waals surface area contributed by atoms with E-state index in [0.29, 0.717) is 11.3 Å². The zero-order chi connectivity index (χ0) is 9.24. The molecule has 1 fully saturated rings. The molecule has 0 saturated heterocycles. The topological polar surface area (TPSA) is 20.2 Å². The summed E-state index contributed by atoms with van der Waals surface area (Å²) in [5.41, 5.74) is -0.0180. The van der Waals surface area contributed by atoms with Crippen LogP contribution >= 0.6 is 11.6 Å². The van der Waals surface area contributed by atoms with Crippen LogP contribution in [0.1, 0.15) is 46.0 Å². The Labute approximate surface area is 80.1 Å². The van der Waals surface area contributed by atoms with E-state index in [1.54, 1.807) is 0 Å². The van der Waals surface area contributed by atoms with Gasteiger partial charge in [-0.2, -0.15) is 0 Å². The number of hydrogen-bond donors (Lipinski definition) is 1. The van der Waals surface area contributed by atoms with Crippen LogP contribution in [0.15, 0.2) is 0 Å². The SMILES string of the molecule is CC1(C)CCC(O)(CCCl)CC1. The minimum Gasteiger partial charge on any atom is -0.390 e. The first kappa shape index (κ1) is 10.3. The minimum atomic E-state index is -0.447. The highest BCUT2D eigenvalue weighted by Gasteiger charge is 2.35. The lowest BCUT2D eigenvalue weighted by Crippen LogP contribution is -2.37. The molecule has 1 N–H and O–H groups in total. The normalized spacial score (nSPS) is 27.0. The van der Waals surface area contributed by atoms with E-state index in [0.717, 1.165) is 32.1 Å². The molecule has 1 aliphatic rings. The second-order valence-electron chi connectivity index (χ2n) is 4.83. The average Bonchev–Trinajstić information content (AvgIpc) is 1.98. The Bertz CT molecular complexity index is 144. The van der Waals surface area contributed by atoms with Crippen LogP contribution in [-0.2, 0) is 0 Å². The maximum Gasteiger partial charge on any atom is 0.0659 e. The fourth-order valence-corrected chi connectivity index (χ4v) is 2.17. The van der Waals surface area contributed by atoms with Gasteiger partial charge in [0, 0.05) is 5.88 Å². The molecular weight excluding hydrogens is 172 g/mol. The summed E-state index contributed by atoms with van der Waals surface area (Å²) in [4.78, 5) is 0. The molecule has 0 heterocycles. The molecule has 0 radical (unpaired) electrons. The summed E-state index contributed by atoms with van der Waals surface area (Å²) >= 11 is 5.64. The molecule has 1 nitrogen and oxygen atoms in total. The van der Waals surface area contributed by atoms with Gasteiger partial charge in [-0.25, -0.2) is 0 Å². The Morgan fingerprint density at radius 2 is 1.67 bits per heavy atom. The Hall–Kier alpha value is 0.250. The van der Waals surface area contributed by atoms with Gasteiger partial charge >= 0.3 is 0 Å². The molecule has 2 heteroatoms. The maximum absolute atomic E-state index is 10.0. The van der Waals surface area contributed by atoms with Crippen molar-refractivity contribution in [2.45, 2.75) is 51.6 Å². The zero-order valence-corrected chi connectivity index (χ0v) is 8.82. The number of alkyl halides is 1. The highest BCUT2D eigenvalue weighted by molar-refractivity contribution is 6.17. The van der Waals surface area contributed by atoms with Gasteiger partial charge in [-0.05, 0) is 37.5 Å². The molecule has 0 spiro atoms. The van der Waals surface area contributed by atoms with Crippen LogP contribution in [0, 0.1) is 5.41 Å². The molecule has 72 valence electrons. The molecule has 1 aliphatic carbocycles. The van der Waals surface area contributed by atoms with E-state index in [1.807, 2.05) is 0 Å². The quantitative estimate of drug-likeness (QED) is 0.664. The second kappa shape index (κ2) is 3.55. The largest absolute Gasteiger partial charge is 0.390 e. The molecule has 0 aliphatic heterocycles. The van der Waals surface area contributed by atoms with E-state index in [-0.39, 0.29) is 0 Å². The standard InChI is InChI=1S/C10H19ClO/c1-9(2)3-5-10(12,6-4-9)7-8-11/h12H,3-8H2,1-2H3. The number of aliphatic hydroxyl groups is 1. The van der Waals surface area contributed by atoms with Crippen molar-refractivity contribution in [1.29, 1.82) is 0 Å². The molecule has 1 saturated carbocycles. The Morgan fingerprint density at radius 3 is 2.08 bits per heavy atom. The molecule has 0 aromatic heterocycles. The molecule has 0 atom stereocenters. The lowest BCUT2D eigenvalue weighted by atomic mass is 9.70. The number of hydrogen-bond acceptors (Lipinski definition) is 1. The summed E-state index contributed by atoms with van der Waals surface area (Å²) in [5.74, 6) is 0.580. The van der Waals surface area contributed by atoms with Gasteiger partial charge in [0.1, 0.15) is 0 Å². The highest BCUT2D eigenvalue weighted by Crippen LogP contribution is 2.41. The summed E-state index contributed by atoms with van der Waals surface area (Å²) in [6.07, 6.45) is 4.85. The first-order valence-electron chi connectivity index (χ1n) is 4.76. The van der Waals surface area contributed by atoms with Gasteiger partial charge < -0.3 is 5.11 Å². The van der Waals surface area contributed by atoms with Gasteiger partial charge in [0.2, 0.25) is 0 Å². The average molecular weight is 191 g/mol. The van der Waals surface area contributed by atoms with Crippen molar-refractivity contribution in [3.05, 3.63) is 0 Å². The van der Waals surface area contributed by atoms with E-state index in [4.69, 9.17) is 11.6 Å². The van der Waals surface area contributed by atoms with Crippen molar-refractivity contribution < 1.29 is 5.11 Å². The van der Waals surface area contributed by atoms with Crippen LogP contribution < -0.4 is 0 Å². The van der Waals surface area contributed by atoms with Crippen molar-refractivity contribution in [2.75, 3.05) is 5.88 Å². The minimum absolute atomic E-state index is 0.429. The van der Waals surface area contributed by atoms with Crippen LogP contribution in [0.2, 0.25) is 0 Å². The van der Waals surface area contributed by atoms with Gasteiger partial charge in [0.15, 0.2) is 0 Å². The summed E-state index contributed by atoms with van der Waals surface area (Å²) in [6.45, 7) is 4.54. The van der Waals surface area contributed by atoms with E-state index < -0.39 is 5.60 Å². The maximum atomic E-state index is 10.0. The fourth-order valence-electron chi connectivity index (χ4n) is 1.82. The first-order valence-corrected chi connectivity index (χ1v) is 5.29. The van der Waals surface area contributed by atoms with Crippen molar-refractivity contribution in [3.63, 3.8) is 0 Å². The number of halogens is 1. The zero-order valence-electron chi connectivity index (χ0n) is 8.07. The molecule has 0 amide bonds. The predicted octanol–water partition coefficient (Wildman–Crippen LogP) is 2.95. The third-order valence-electron chi connectivity index (χ3n) is 3.09. The second-order valence-corrected chi connectivity index (χ2v) is 5.21. The number of rotatable bonds is 2. The Balaban J connectivity index is 2.44. The van der Waals surface area contributed by atoms with Gasteiger partial charge in [-0.1, -0.05) is 13.8 Å². The van der Waals surface area contributed by atoms with E-state index >= 15 is 0 Å². The summed E-state index contributed by atoms with van der Waals surface area (Å²) in [6, 6.07) is 0. The summed E-state index contributed by atoms with van der Waals surface area (Å²) < 4.78 is 0. The van der Waals surface area contributed by atoms with Crippen molar-refractivity contribution in [1.82, 2.24) is 0 Å². The van der Waals surface area contributed by atoms with Crippen LogP contribution in [0.25, 0.3) is 0 Å². The van der Waals surface area contributed by atoms with Crippen LogP contribution in [0.4, 0.5) is 0 Å². The van der Waals surface area contributed by atoms with Gasteiger partial charge in [0.25, 0.3) is 0 Å². The molecule has 0 unspecified atom stereocenters. The third-order valence-corrected chi connectivity index (χ3v) is 3.28. The fraction of sp³-hybridized carbons (Fsp3) is 1.00. The molecule has 0 bridgehead atoms. The van der Waals surface area contributed by atoms with E-state index in [2.05, 4.69) is 13.8 Å². The monoisotopic (exact) mass is 190 g/mol. The van der Waals surface area contributed by atoms with E-state index in [1.165, 1.54) is 0 Å².